The van der Waals surface area contributed by atoms with Crippen LogP contribution >= 0.6 is 0 Å². The maximum absolute atomic E-state index is 12.2. The van der Waals surface area contributed by atoms with Gasteiger partial charge in [0.2, 0.25) is 10.0 Å². The molecule has 2 rings (SSSR count). The summed E-state index contributed by atoms with van der Waals surface area (Å²) in [5.74, 6) is 0. The molecule has 1 aromatic carbocycles. The van der Waals surface area contributed by atoms with Gasteiger partial charge in [-0.3, -0.25) is 0 Å². The molecular formula is C12H19N3O2S. The Bertz CT molecular complexity index is 510. The molecule has 1 unspecified atom stereocenters. The first kappa shape index (κ1) is 13.3. The molecule has 0 amide bonds. The molecule has 0 heterocycles. The number of hydrogen-bond acceptors (Lipinski definition) is 4. The number of benzene rings is 1. The summed E-state index contributed by atoms with van der Waals surface area (Å²) in [6.45, 7) is 2.41. The van der Waals surface area contributed by atoms with Gasteiger partial charge in [-0.2, -0.15) is 0 Å². The lowest BCUT2D eigenvalue weighted by Crippen LogP contribution is -2.28. The molecule has 0 aliphatic heterocycles. The Kier molecular flexibility index (Phi) is 3.89. The number of nitrogens with two attached hydrogens (primary N) is 1. The summed E-state index contributed by atoms with van der Waals surface area (Å²) in [7, 11) is -3.43. The van der Waals surface area contributed by atoms with Gasteiger partial charge in [-0.05, 0) is 31.9 Å². The average molecular weight is 269 g/mol. The molecular weight excluding hydrogens is 250 g/mol. The van der Waals surface area contributed by atoms with Crippen LogP contribution in [0.2, 0.25) is 0 Å². The second kappa shape index (κ2) is 5.26. The molecule has 1 aliphatic carbocycles. The van der Waals surface area contributed by atoms with Gasteiger partial charge in [0.05, 0.1) is 5.69 Å². The third-order valence-electron chi connectivity index (χ3n) is 2.69. The largest absolute Gasteiger partial charge is 0.382 e. The van der Waals surface area contributed by atoms with Crippen LogP contribution in [0.4, 0.5) is 5.69 Å². The van der Waals surface area contributed by atoms with Crippen LogP contribution < -0.4 is 15.8 Å². The highest BCUT2D eigenvalue weighted by Crippen LogP contribution is 2.25. The molecule has 1 fully saturated rings. The summed E-state index contributed by atoms with van der Waals surface area (Å²) in [5, 5.41) is 3.07. The Balaban J connectivity index is 2.20. The van der Waals surface area contributed by atoms with Crippen LogP contribution in [-0.4, -0.2) is 27.0 Å². The zero-order valence-corrected chi connectivity index (χ0v) is 11.2. The van der Waals surface area contributed by atoms with E-state index in [2.05, 4.69) is 10.0 Å². The quantitative estimate of drug-likeness (QED) is 0.716. The molecule has 0 radical (unpaired) electrons. The summed E-state index contributed by atoms with van der Waals surface area (Å²) in [5.41, 5.74) is 6.26. The van der Waals surface area contributed by atoms with Crippen molar-refractivity contribution in [3.63, 3.8) is 0 Å². The summed E-state index contributed by atoms with van der Waals surface area (Å²) < 4.78 is 27.0. The van der Waals surface area contributed by atoms with Crippen molar-refractivity contribution >= 4 is 15.7 Å². The van der Waals surface area contributed by atoms with Crippen LogP contribution in [0.3, 0.4) is 0 Å². The normalized spacial score (nSPS) is 17.4. The van der Waals surface area contributed by atoms with Crippen molar-refractivity contribution in [1.29, 1.82) is 0 Å². The van der Waals surface area contributed by atoms with Crippen molar-refractivity contribution in [1.82, 2.24) is 4.72 Å². The van der Waals surface area contributed by atoms with Crippen LogP contribution in [0.25, 0.3) is 0 Å². The molecule has 100 valence electrons. The van der Waals surface area contributed by atoms with E-state index >= 15 is 0 Å². The molecule has 0 spiro atoms. The zero-order chi connectivity index (χ0) is 13.2. The fourth-order valence-corrected chi connectivity index (χ4v) is 3.09. The van der Waals surface area contributed by atoms with E-state index in [9.17, 15) is 8.42 Å². The van der Waals surface area contributed by atoms with E-state index in [0.29, 0.717) is 12.2 Å². The number of para-hydroxylation sites is 1. The van der Waals surface area contributed by atoms with Crippen LogP contribution in [0, 0.1) is 0 Å². The van der Waals surface area contributed by atoms with Gasteiger partial charge in [0.15, 0.2) is 0 Å². The zero-order valence-electron chi connectivity index (χ0n) is 10.4. The molecule has 0 bridgehead atoms. The molecule has 1 aromatic rings. The van der Waals surface area contributed by atoms with E-state index < -0.39 is 10.0 Å². The van der Waals surface area contributed by atoms with E-state index in [-0.39, 0.29) is 17.0 Å². The van der Waals surface area contributed by atoms with Crippen molar-refractivity contribution in [2.75, 3.05) is 11.9 Å². The van der Waals surface area contributed by atoms with E-state index in [4.69, 9.17) is 5.73 Å². The Morgan fingerprint density at radius 3 is 2.67 bits per heavy atom. The standard InChI is InChI=1S/C12H19N3O2S/c1-9(13)8-14-11-4-2-3-5-12(11)18(16,17)15-10-6-7-10/h2-5,9-10,14-15H,6-8,13H2,1H3. The molecule has 6 heteroatoms. The Morgan fingerprint density at radius 2 is 2.06 bits per heavy atom. The fraction of sp³-hybridized carbons (Fsp3) is 0.500. The second-order valence-electron chi connectivity index (χ2n) is 4.75. The minimum Gasteiger partial charge on any atom is -0.382 e. The van der Waals surface area contributed by atoms with Crippen molar-refractivity contribution in [2.45, 2.75) is 36.7 Å². The van der Waals surface area contributed by atoms with Crippen LogP contribution in [-0.2, 0) is 10.0 Å². The Labute approximate surface area is 108 Å². The first-order valence-electron chi connectivity index (χ1n) is 6.10. The number of hydrogen-bond donors (Lipinski definition) is 3. The van der Waals surface area contributed by atoms with Gasteiger partial charge < -0.3 is 11.1 Å². The first-order valence-corrected chi connectivity index (χ1v) is 7.58. The summed E-state index contributed by atoms with van der Waals surface area (Å²) >= 11 is 0. The lowest BCUT2D eigenvalue weighted by Gasteiger charge is -2.14. The van der Waals surface area contributed by atoms with Gasteiger partial charge in [0, 0.05) is 18.6 Å². The van der Waals surface area contributed by atoms with Crippen molar-refractivity contribution < 1.29 is 8.42 Å². The Morgan fingerprint density at radius 1 is 1.39 bits per heavy atom. The highest BCUT2D eigenvalue weighted by atomic mass is 32.2. The molecule has 1 aliphatic rings. The monoisotopic (exact) mass is 269 g/mol. The topological polar surface area (TPSA) is 84.2 Å². The lowest BCUT2D eigenvalue weighted by molar-refractivity contribution is 0.581. The molecule has 18 heavy (non-hydrogen) atoms. The molecule has 1 saturated carbocycles. The van der Waals surface area contributed by atoms with Gasteiger partial charge in [-0.1, -0.05) is 12.1 Å². The maximum Gasteiger partial charge on any atom is 0.242 e. The van der Waals surface area contributed by atoms with Gasteiger partial charge in [0.1, 0.15) is 4.90 Å². The molecule has 4 N–H and O–H groups in total. The number of rotatable bonds is 6. The van der Waals surface area contributed by atoms with Gasteiger partial charge in [-0.25, -0.2) is 13.1 Å². The molecule has 0 saturated heterocycles. The molecule has 0 aromatic heterocycles. The van der Waals surface area contributed by atoms with Crippen molar-refractivity contribution in [3.05, 3.63) is 24.3 Å². The predicted molar refractivity (Wildman–Crippen MR) is 71.9 cm³/mol. The predicted octanol–water partition coefficient (Wildman–Crippen LogP) is 0.886. The number of nitrogens with one attached hydrogen (secondary N) is 2. The second-order valence-corrected chi connectivity index (χ2v) is 6.43. The third kappa shape index (κ3) is 3.44. The first-order chi connectivity index (χ1) is 8.49. The van der Waals surface area contributed by atoms with E-state index in [0.717, 1.165) is 12.8 Å². The smallest absolute Gasteiger partial charge is 0.242 e. The fourth-order valence-electron chi connectivity index (χ4n) is 1.60. The Hall–Kier alpha value is -1.11. The minimum atomic E-state index is -3.43. The van der Waals surface area contributed by atoms with E-state index in [1.807, 2.05) is 6.92 Å². The van der Waals surface area contributed by atoms with Crippen LogP contribution in [0.5, 0.6) is 0 Å². The average Bonchev–Trinajstić information content (AvgIpc) is 3.10. The lowest BCUT2D eigenvalue weighted by atomic mass is 10.3. The summed E-state index contributed by atoms with van der Waals surface area (Å²) in [6.07, 6.45) is 1.85. The van der Waals surface area contributed by atoms with Crippen molar-refractivity contribution in [3.8, 4) is 0 Å². The maximum atomic E-state index is 12.2. The minimum absolute atomic E-state index is 0.0304. The van der Waals surface area contributed by atoms with Crippen molar-refractivity contribution in [2.24, 2.45) is 5.73 Å². The van der Waals surface area contributed by atoms with Gasteiger partial charge in [-0.15, -0.1) is 0 Å². The third-order valence-corrected chi connectivity index (χ3v) is 4.27. The highest BCUT2D eigenvalue weighted by Gasteiger charge is 2.29. The highest BCUT2D eigenvalue weighted by molar-refractivity contribution is 7.89. The van der Waals surface area contributed by atoms with E-state index in [1.165, 1.54) is 0 Å². The molecule has 1 atom stereocenters. The number of anilines is 1. The van der Waals surface area contributed by atoms with Gasteiger partial charge in [0.25, 0.3) is 0 Å². The SMILES string of the molecule is CC(N)CNc1ccccc1S(=O)(=O)NC1CC1. The van der Waals surface area contributed by atoms with Gasteiger partial charge >= 0.3 is 0 Å². The van der Waals surface area contributed by atoms with E-state index in [1.54, 1.807) is 24.3 Å². The summed E-state index contributed by atoms with van der Waals surface area (Å²) in [4.78, 5) is 0.289. The molecule has 5 nitrogen and oxygen atoms in total. The number of sulfonamides is 1. The van der Waals surface area contributed by atoms with Crippen LogP contribution in [0.15, 0.2) is 29.2 Å². The summed E-state index contributed by atoms with van der Waals surface area (Å²) in [6, 6.07) is 6.96. The van der Waals surface area contributed by atoms with Crippen LogP contribution in [0.1, 0.15) is 19.8 Å².